The van der Waals surface area contributed by atoms with Crippen LogP contribution in [0.15, 0.2) is 18.2 Å². The van der Waals surface area contributed by atoms with Crippen molar-refractivity contribution < 1.29 is 6.08 Å². The molecule has 0 aromatic heterocycles. The Bertz CT molecular complexity index is 275. The molecule has 0 N–H and O–H groups in total. The van der Waals surface area contributed by atoms with Gasteiger partial charge in [-0.05, 0) is 23.0 Å². The van der Waals surface area contributed by atoms with E-state index in [1.807, 2.05) is 7.48 Å². The molecule has 1 nitrogen and oxygen atoms in total. The summed E-state index contributed by atoms with van der Waals surface area (Å²) in [5, 5.41) is 0. The monoisotopic (exact) mass is 147 g/mol. The predicted molar refractivity (Wildman–Crippen MR) is 48.1 cm³/mol. The molecule has 0 bridgehead atoms. The van der Waals surface area contributed by atoms with E-state index in [1.165, 1.54) is 16.6 Å². The molecule has 57 valence electrons. The molecule has 1 radical (unpaired) electrons. The van der Waals surface area contributed by atoms with Crippen molar-refractivity contribution in [1.82, 2.24) is 0 Å². The first kappa shape index (κ1) is 6.92. The topological polar surface area (TPSA) is 9.23 Å². The summed E-state index contributed by atoms with van der Waals surface area (Å²) < 4.78 is 5.19. The van der Waals surface area contributed by atoms with Crippen molar-refractivity contribution in [2.75, 3.05) is 0 Å². The molecule has 0 saturated carbocycles. The number of hydrogen-bond acceptors (Lipinski definition) is 1. The Morgan fingerprint density at radius 2 is 2.55 bits per heavy atom. The molecule has 2 heteroatoms. The zero-order valence-corrected chi connectivity index (χ0v) is 6.63. The molecular formula is C9H12BO. The number of hydrogen-bond donors (Lipinski definition) is 0. The second kappa shape index (κ2) is 2.70. The summed E-state index contributed by atoms with van der Waals surface area (Å²) in [5.74, 6) is 0. The Morgan fingerprint density at radius 1 is 1.64 bits per heavy atom. The van der Waals surface area contributed by atoms with E-state index in [0.29, 0.717) is 0 Å². The molecule has 1 aliphatic rings. The van der Waals surface area contributed by atoms with E-state index < -0.39 is 0 Å². The SMILES string of the molecule is CCc1ccc2c(c1)CO[B]2.[HH]. The highest BCUT2D eigenvalue weighted by molar-refractivity contribution is 6.48. The maximum absolute atomic E-state index is 5.19. The standard InChI is InChI=1S/C9H10BO.H2/c1-2-7-3-4-9-8(5-7)6-11-10-9;/h3-5H,2,6H2,1H3;1H. The summed E-state index contributed by atoms with van der Waals surface area (Å²) in [7, 11) is 1.83. The normalized spacial score (nSPS) is 14.3. The van der Waals surface area contributed by atoms with Crippen molar-refractivity contribution in [2.45, 2.75) is 20.0 Å². The van der Waals surface area contributed by atoms with Crippen LogP contribution in [0.5, 0.6) is 0 Å². The van der Waals surface area contributed by atoms with E-state index in [0.717, 1.165) is 13.0 Å². The van der Waals surface area contributed by atoms with Gasteiger partial charge in [0.2, 0.25) is 0 Å². The largest absolute Gasteiger partial charge is 0.430 e. The van der Waals surface area contributed by atoms with Crippen LogP contribution in [0.25, 0.3) is 0 Å². The Hall–Kier alpha value is -0.755. The lowest BCUT2D eigenvalue weighted by molar-refractivity contribution is 0.345. The van der Waals surface area contributed by atoms with Gasteiger partial charge in [-0.1, -0.05) is 25.1 Å². The van der Waals surface area contributed by atoms with E-state index in [-0.39, 0.29) is 1.43 Å². The number of fused-ring (bicyclic) bond motifs is 1. The number of rotatable bonds is 1. The van der Waals surface area contributed by atoms with E-state index in [2.05, 4.69) is 25.1 Å². The van der Waals surface area contributed by atoms with Gasteiger partial charge in [0, 0.05) is 1.43 Å². The summed E-state index contributed by atoms with van der Waals surface area (Å²) in [6.45, 7) is 2.92. The lowest BCUT2D eigenvalue weighted by atomic mass is 9.86. The first-order chi connectivity index (χ1) is 5.40. The highest BCUT2D eigenvalue weighted by atomic mass is 16.4. The molecule has 0 spiro atoms. The highest BCUT2D eigenvalue weighted by Gasteiger charge is 2.12. The highest BCUT2D eigenvalue weighted by Crippen LogP contribution is 2.08. The van der Waals surface area contributed by atoms with Crippen molar-refractivity contribution >= 4 is 12.9 Å². The maximum atomic E-state index is 5.19. The van der Waals surface area contributed by atoms with E-state index in [4.69, 9.17) is 4.65 Å². The molecule has 11 heavy (non-hydrogen) atoms. The molecule has 0 amide bonds. The van der Waals surface area contributed by atoms with Crippen molar-refractivity contribution in [1.29, 1.82) is 0 Å². The third-order valence-electron chi connectivity index (χ3n) is 2.06. The zero-order chi connectivity index (χ0) is 7.68. The smallest absolute Gasteiger partial charge is 0.330 e. The average molecular weight is 147 g/mol. The zero-order valence-electron chi connectivity index (χ0n) is 6.63. The molecule has 1 heterocycles. The molecule has 0 unspecified atom stereocenters. The predicted octanol–water partition coefficient (Wildman–Crippen LogP) is 1.27. The van der Waals surface area contributed by atoms with Crippen LogP contribution >= 0.6 is 0 Å². The third-order valence-corrected chi connectivity index (χ3v) is 2.06. The second-order valence-electron chi connectivity index (χ2n) is 2.82. The van der Waals surface area contributed by atoms with Gasteiger partial charge >= 0.3 is 7.48 Å². The fraction of sp³-hybridized carbons (Fsp3) is 0.333. The summed E-state index contributed by atoms with van der Waals surface area (Å²) in [6.07, 6.45) is 1.10. The van der Waals surface area contributed by atoms with Crippen LogP contribution in [-0.2, 0) is 17.7 Å². The van der Waals surface area contributed by atoms with Gasteiger partial charge in [0.25, 0.3) is 0 Å². The van der Waals surface area contributed by atoms with Crippen LogP contribution in [0, 0.1) is 0 Å². The summed E-state index contributed by atoms with van der Waals surface area (Å²) in [5.41, 5.74) is 3.95. The van der Waals surface area contributed by atoms with E-state index in [9.17, 15) is 0 Å². The van der Waals surface area contributed by atoms with Crippen LogP contribution < -0.4 is 5.46 Å². The van der Waals surface area contributed by atoms with Crippen LogP contribution in [0.1, 0.15) is 19.5 Å². The Labute approximate surface area is 69.1 Å². The van der Waals surface area contributed by atoms with Gasteiger partial charge in [-0.15, -0.1) is 0 Å². The minimum atomic E-state index is 0. The van der Waals surface area contributed by atoms with Crippen molar-refractivity contribution in [3.8, 4) is 0 Å². The van der Waals surface area contributed by atoms with Gasteiger partial charge in [-0.2, -0.15) is 0 Å². The van der Waals surface area contributed by atoms with Crippen LogP contribution in [0.3, 0.4) is 0 Å². The lowest BCUT2D eigenvalue weighted by Crippen LogP contribution is -2.10. The van der Waals surface area contributed by atoms with Crippen LogP contribution in [0.2, 0.25) is 0 Å². The molecule has 0 fully saturated rings. The van der Waals surface area contributed by atoms with Gasteiger partial charge in [-0.3, -0.25) is 0 Å². The van der Waals surface area contributed by atoms with Gasteiger partial charge in [0.15, 0.2) is 0 Å². The molecule has 2 rings (SSSR count). The minimum absolute atomic E-state index is 0. The van der Waals surface area contributed by atoms with Crippen LogP contribution in [-0.4, -0.2) is 7.48 Å². The fourth-order valence-corrected chi connectivity index (χ4v) is 1.34. The summed E-state index contributed by atoms with van der Waals surface area (Å²) in [6, 6.07) is 6.50. The van der Waals surface area contributed by atoms with E-state index in [1.54, 1.807) is 0 Å². The fourth-order valence-electron chi connectivity index (χ4n) is 1.34. The molecule has 1 aromatic carbocycles. The quantitative estimate of drug-likeness (QED) is 0.543. The second-order valence-corrected chi connectivity index (χ2v) is 2.82. The first-order valence-electron chi connectivity index (χ1n) is 3.97. The van der Waals surface area contributed by atoms with E-state index >= 15 is 0 Å². The minimum Gasteiger partial charge on any atom is -0.430 e. The van der Waals surface area contributed by atoms with Gasteiger partial charge in [0.1, 0.15) is 0 Å². The average Bonchev–Trinajstić information content (AvgIpc) is 2.50. The van der Waals surface area contributed by atoms with Crippen molar-refractivity contribution in [2.24, 2.45) is 0 Å². The Kier molecular flexibility index (Phi) is 1.70. The third kappa shape index (κ3) is 1.18. The maximum Gasteiger partial charge on any atom is 0.330 e. The Morgan fingerprint density at radius 3 is 3.36 bits per heavy atom. The molecular weight excluding hydrogens is 135 g/mol. The number of benzene rings is 1. The lowest BCUT2D eigenvalue weighted by Gasteiger charge is -1.99. The summed E-state index contributed by atoms with van der Waals surface area (Å²) in [4.78, 5) is 0. The summed E-state index contributed by atoms with van der Waals surface area (Å²) >= 11 is 0. The molecule has 0 aliphatic carbocycles. The molecule has 0 saturated heterocycles. The molecule has 0 atom stereocenters. The first-order valence-corrected chi connectivity index (χ1v) is 3.97. The molecule has 1 aliphatic heterocycles. The van der Waals surface area contributed by atoms with Crippen molar-refractivity contribution in [3.63, 3.8) is 0 Å². The van der Waals surface area contributed by atoms with Crippen LogP contribution in [0.4, 0.5) is 0 Å². The number of aryl methyl sites for hydroxylation is 1. The van der Waals surface area contributed by atoms with Gasteiger partial charge in [0.05, 0.1) is 6.61 Å². The van der Waals surface area contributed by atoms with Crippen molar-refractivity contribution in [3.05, 3.63) is 29.3 Å². The Balaban J connectivity index is 0.000000720. The van der Waals surface area contributed by atoms with Gasteiger partial charge in [-0.25, -0.2) is 0 Å². The molecule has 1 aromatic rings. The van der Waals surface area contributed by atoms with Gasteiger partial charge < -0.3 is 4.65 Å².